The first-order valence-corrected chi connectivity index (χ1v) is 5.41. The Balaban J connectivity index is 2.61. The average molecular weight is 226 g/mol. The maximum atomic E-state index is 11.0. The molecule has 1 heterocycles. The van der Waals surface area contributed by atoms with Gasteiger partial charge in [0.2, 0.25) is 5.91 Å². The Morgan fingerprint density at radius 1 is 1.67 bits per heavy atom. The van der Waals surface area contributed by atoms with Crippen LogP contribution < -0.4 is 11.5 Å². The first kappa shape index (κ1) is 11.9. The van der Waals surface area contributed by atoms with E-state index in [0.717, 1.165) is 5.69 Å². The fourth-order valence-electron chi connectivity index (χ4n) is 0.781. The number of primary amides is 1. The van der Waals surface area contributed by atoms with Gasteiger partial charge in [0.1, 0.15) is 5.54 Å². The van der Waals surface area contributed by atoms with Crippen LogP contribution in [0.5, 0.6) is 0 Å². The van der Waals surface area contributed by atoms with Gasteiger partial charge in [0.15, 0.2) is 5.16 Å². The van der Waals surface area contributed by atoms with Gasteiger partial charge in [-0.1, -0.05) is 11.8 Å². The molecular weight excluding hydrogens is 212 g/mol. The number of aryl methyl sites for hydroxylation is 1. The molecule has 0 saturated carbocycles. The topological polar surface area (TPSA) is 94.9 Å². The molecule has 0 aliphatic carbocycles. The molecule has 0 fully saturated rings. The van der Waals surface area contributed by atoms with Crippen LogP contribution in [0.2, 0.25) is 0 Å². The molecule has 0 saturated heterocycles. The largest absolute Gasteiger partial charge is 0.368 e. The summed E-state index contributed by atoms with van der Waals surface area (Å²) in [7, 11) is 0. The normalized spacial score (nSPS) is 14.6. The van der Waals surface area contributed by atoms with Crippen LogP contribution in [-0.2, 0) is 4.79 Å². The Morgan fingerprint density at radius 2 is 2.33 bits per heavy atom. The standard InChI is InChI=1S/C9H14N4OS/c1-6-3-4-12-8(13-6)15-5-9(2,11)7(10)14/h3-4H,5,11H2,1-2H3,(H2,10,14). The van der Waals surface area contributed by atoms with Gasteiger partial charge in [0, 0.05) is 17.6 Å². The average Bonchev–Trinajstić information content (AvgIpc) is 2.15. The van der Waals surface area contributed by atoms with Crippen LogP contribution in [0.25, 0.3) is 0 Å². The third-order valence-electron chi connectivity index (χ3n) is 1.84. The minimum absolute atomic E-state index is 0.367. The Morgan fingerprint density at radius 3 is 2.87 bits per heavy atom. The molecule has 5 nitrogen and oxygen atoms in total. The van der Waals surface area contributed by atoms with E-state index < -0.39 is 11.4 Å². The van der Waals surface area contributed by atoms with Crippen molar-refractivity contribution in [2.24, 2.45) is 11.5 Å². The lowest BCUT2D eigenvalue weighted by atomic mass is 10.1. The van der Waals surface area contributed by atoms with Crippen molar-refractivity contribution in [3.05, 3.63) is 18.0 Å². The predicted molar refractivity (Wildman–Crippen MR) is 59.3 cm³/mol. The first-order valence-electron chi connectivity index (χ1n) is 4.43. The minimum atomic E-state index is -1.03. The zero-order valence-electron chi connectivity index (χ0n) is 8.73. The van der Waals surface area contributed by atoms with Gasteiger partial charge in [-0.2, -0.15) is 0 Å². The van der Waals surface area contributed by atoms with E-state index in [2.05, 4.69) is 9.97 Å². The van der Waals surface area contributed by atoms with E-state index in [-0.39, 0.29) is 0 Å². The predicted octanol–water partition coefficient (Wildman–Crippen LogP) is 0.0798. The van der Waals surface area contributed by atoms with Crippen LogP contribution in [0, 0.1) is 6.92 Å². The lowest BCUT2D eigenvalue weighted by molar-refractivity contribution is -0.121. The summed E-state index contributed by atoms with van der Waals surface area (Å²) >= 11 is 1.32. The highest BCUT2D eigenvalue weighted by atomic mass is 32.2. The molecule has 1 rings (SSSR count). The fourth-order valence-corrected chi connectivity index (χ4v) is 1.70. The maximum absolute atomic E-state index is 11.0. The van der Waals surface area contributed by atoms with Crippen molar-refractivity contribution in [1.29, 1.82) is 0 Å². The highest BCUT2D eigenvalue weighted by Crippen LogP contribution is 2.17. The first-order chi connectivity index (χ1) is 6.92. The summed E-state index contributed by atoms with van der Waals surface area (Å²) in [6.45, 7) is 3.47. The molecule has 0 bridgehead atoms. The molecular formula is C9H14N4OS. The number of thioether (sulfide) groups is 1. The van der Waals surface area contributed by atoms with Gasteiger partial charge in [0.05, 0.1) is 0 Å². The molecule has 15 heavy (non-hydrogen) atoms. The second-order valence-corrected chi connectivity index (χ2v) is 4.49. The molecule has 1 aromatic rings. The molecule has 0 aliphatic heterocycles. The number of nitrogens with zero attached hydrogens (tertiary/aromatic N) is 2. The number of amides is 1. The molecule has 1 amide bonds. The molecule has 0 aromatic carbocycles. The number of carbonyl (C=O) groups excluding carboxylic acids is 1. The summed E-state index contributed by atoms with van der Waals surface area (Å²) in [4.78, 5) is 19.2. The van der Waals surface area contributed by atoms with E-state index in [1.807, 2.05) is 6.92 Å². The third kappa shape index (κ3) is 3.49. The highest BCUT2D eigenvalue weighted by Gasteiger charge is 2.26. The van der Waals surface area contributed by atoms with Gasteiger partial charge in [-0.15, -0.1) is 0 Å². The molecule has 0 spiro atoms. The number of rotatable bonds is 4. The number of aromatic nitrogens is 2. The van der Waals surface area contributed by atoms with Crippen LogP contribution in [-0.4, -0.2) is 27.2 Å². The van der Waals surface area contributed by atoms with Gasteiger partial charge in [0.25, 0.3) is 0 Å². The number of carbonyl (C=O) groups is 1. The summed E-state index contributed by atoms with van der Waals surface area (Å²) in [5.74, 6) is -0.158. The van der Waals surface area contributed by atoms with Crippen molar-refractivity contribution in [3.63, 3.8) is 0 Å². The zero-order valence-corrected chi connectivity index (χ0v) is 9.54. The van der Waals surface area contributed by atoms with Crippen LogP contribution in [0.3, 0.4) is 0 Å². The van der Waals surface area contributed by atoms with E-state index in [1.165, 1.54) is 11.8 Å². The van der Waals surface area contributed by atoms with Crippen molar-refractivity contribution in [2.45, 2.75) is 24.5 Å². The van der Waals surface area contributed by atoms with E-state index in [9.17, 15) is 4.79 Å². The summed E-state index contributed by atoms with van der Waals surface area (Å²) in [6.07, 6.45) is 1.67. The second kappa shape index (κ2) is 4.59. The van der Waals surface area contributed by atoms with Gasteiger partial charge in [-0.3, -0.25) is 4.79 Å². The minimum Gasteiger partial charge on any atom is -0.368 e. The van der Waals surface area contributed by atoms with Crippen molar-refractivity contribution in [2.75, 3.05) is 5.75 Å². The van der Waals surface area contributed by atoms with Crippen LogP contribution in [0.4, 0.5) is 0 Å². The smallest absolute Gasteiger partial charge is 0.238 e. The Bertz CT molecular complexity index is 367. The second-order valence-electron chi connectivity index (χ2n) is 3.55. The molecule has 0 radical (unpaired) electrons. The van der Waals surface area contributed by atoms with Crippen LogP contribution in [0.15, 0.2) is 17.4 Å². The SMILES string of the molecule is Cc1ccnc(SCC(C)(N)C(N)=O)n1. The Labute approximate surface area is 92.7 Å². The van der Waals surface area contributed by atoms with E-state index in [1.54, 1.807) is 19.2 Å². The van der Waals surface area contributed by atoms with E-state index >= 15 is 0 Å². The van der Waals surface area contributed by atoms with E-state index in [0.29, 0.717) is 10.9 Å². The maximum Gasteiger partial charge on any atom is 0.238 e. The summed E-state index contributed by atoms with van der Waals surface area (Å²) in [6, 6.07) is 1.81. The Kier molecular flexibility index (Phi) is 3.65. The van der Waals surface area contributed by atoms with Gasteiger partial charge in [-0.05, 0) is 19.9 Å². The lowest BCUT2D eigenvalue weighted by Gasteiger charge is -2.18. The third-order valence-corrected chi connectivity index (χ3v) is 3.04. The quantitative estimate of drug-likeness (QED) is 0.560. The zero-order chi connectivity index (χ0) is 11.5. The van der Waals surface area contributed by atoms with Crippen molar-refractivity contribution in [3.8, 4) is 0 Å². The van der Waals surface area contributed by atoms with Crippen molar-refractivity contribution < 1.29 is 4.79 Å². The molecule has 1 unspecified atom stereocenters. The molecule has 6 heteroatoms. The van der Waals surface area contributed by atoms with Gasteiger partial charge >= 0.3 is 0 Å². The fraction of sp³-hybridized carbons (Fsp3) is 0.444. The number of nitrogens with two attached hydrogens (primary N) is 2. The lowest BCUT2D eigenvalue weighted by Crippen LogP contribution is -2.51. The van der Waals surface area contributed by atoms with Crippen molar-refractivity contribution >= 4 is 17.7 Å². The van der Waals surface area contributed by atoms with Gasteiger partial charge in [-0.25, -0.2) is 9.97 Å². The number of hydrogen-bond donors (Lipinski definition) is 2. The van der Waals surface area contributed by atoms with E-state index in [4.69, 9.17) is 11.5 Å². The summed E-state index contributed by atoms with van der Waals surface area (Å²) < 4.78 is 0. The summed E-state index contributed by atoms with van der Waals surface area (Å²) in [5, 5.41) is 0.605. The number of hydrogen-bond acceptors (Lipinski definition) is 5. The summed E-state index contributed by atoms with van der Waals surface area (Å²) in [5.41, 5.74) is 10.7. The van der Waals surface area contributed by atoms with Crippen LogP contribution in [0.1, 0.15) is 12.6 Å². The Hall–Kier alpha value is -1.14. The highest BCUT2D eigenvalue weighted by molar-refractivity contribution is 7.99. The molecule has 82 valence electrons. The monoisotopic (exact) mass is 226 g/mol. The van der Waals surface area contributed by atoms with Crippen LogP contribution >= 0.6 is 11.8 Å². The molecule has 4 N–H and O–H groups in total. The van der Waals surface area contributed by atoms with Crippen molar-refractivity contribution in [1.82, 2.24) is 9.97 Å². The molecule has 0 aliphatic rings. The molecule has 1 atom stereocenters. The molecule has 1 aromatic heterocycles. The van der Waals surface area contributed by atoms with Gasteiger partial charge < -0.3 is 11.5 Å².